The first-order valence-electron chi connectivity index (χ1n) is 5.33. The number of hydrogen-bond donors (Lipinski definition) is 2. The molecule has 1 aromatic rings. The Bertz CT molecular complexity index is 449. The molecule has 0 amide bonds. The van der Waals surface area contributed by atoms with E-state index in [1.807, 2.05) is 6.07 Å². The number of nitrogens with one attached hydrogen (secondary N) is 2. The molecule has 0 spiro atoms. The van der Waals surface area contributed by atoms with Crippen molar-refractivity contribution in [3.8, 4) is 5.75 Å². The summed E-state index contributed by atoms with van der Waals surface area (Å²) in [7, 11) is 4.59. The van der Waals surface area contributed by atoms with Crippen molar-refractivity contribution in [2.75, 3.05) is 21.3 Å². The second-order valence-corrected chi connectivity index (χ2v) is 3.87. The molecule has 0 fully saturated rings. The highest BCUT2D eigenvalue weighted by atomic mass is 32.1. The van der Waals surface area contributed by atoms with E-state index in [0.717, 1.165) is 5.56 Å². The molecule has 0 aromatic heterocycles. The van der Waals surface area contributed by atoms with Gasteiger partial charge in [0.2, 0.25) is 0 Å². The highest BCUT2D eigenvalue weighted by molar-refractivity contribution is 7.80. The first-order valence-corrected chi connectivity index (χ1v) is 5.74. The number of ether oxygens (including phenoxy) is 2. The zero-order valence-corrected chi connectivity index (χ0v) is 11.4. The van der Waals surface area contributed by atoms with Gasteiger partial charge in [0.25, 0.3) is 0 Å². The van der Waals surface area contributed by atoms with Crippen molar-refractivity contribution in [1.29, 1.82) is 0 Å². The van der Waals surface area contributed by atoms with Crippen LogP contribution in [0.3, 0.4) is 0 Å². The van der Waals surface area contributed by atoms with E-state index >= 15 is 0 Å². The summed E-state index contributed by atoms with van der Waals surface area (Å²) in [4.78, 5) is 11.6. The van der Waals surface area contributed by atoms with E-state index in [0.29, 0.717) is 23.0 Å². The maximum absolute atomic E-state index is 11.6. The van der Waals surface area contributed by atoms with Crippen LogP contribution in [0.4, 0.5) is 0 Å². The fraction of sp³-hybridized carbons (Fsp3) is 0.333. The standard InChI is InChI=1S/C12H16N2O3S/c1-13-12(18)14-7-8-4-5-10(16-2)9(6-8)11(15)17-3/h4-6H,7H2,1-3H3,(H2,13,14,18). The predicted molar refractivity (Wildman–Crippen MR) is 72.8 cm³/mol. The largest absolute Gasteiger partial charge is 0.496 e. The fourth-order valence-electron chi connectivity index (χ4n) is 1.41. The first-order chi connectivity index (χ1) is 8.62. The van der Waals surface area contributed by atoms with Gasteiger partial charge in [-0.05, 0) is 29.9 Å². The second kappa shape index (κ2) is 6.80. The molecule has 0 radical (unpaired) electrons. The Labute approximate surface area is 111 Å². The quantitative estimate of drug-likeness (QED) is 0.629. The van der Waals surface area contributed by atoms with E-state index < -0.39 is 5.97 Å². The fourth-order valence-corrected chi connectivity index (χ4v) is 1.48. The minimum atomic E-state index is -0.426. The number of thiocarbonyl (C=S) groups is 1. The van der Waals surface area contributed by atoms with Crippen molar-refractivity contribution < 1.29 is 14.3 Å². The lowest BCUT2D eigenvalue weighted by Gasteiger charge is -2.11. The van der Waals surface area contributed by atoms with Gasteiger partial charge < -0.3 is 20.1 Å². The third kappa shape index (κ3) is 3.59. The van der Waals surface area contributed by atoms with E-state index in [1.54, 1.807) is 19.2 Å². The lowest BCUT2D eigenvalue weighted by atomic mass is 10.1. The molecule has 6 heteroatoms. The normalized spacial score (nSPS) is 9.50. The molecule has 2 N–H and O–H groups in total. The maximum Gasteiger partial charge on any atom is 0.341 e. The third-order valence-electron chi connectivity index (χ3n) is 2.35. The summed E-state index contributed by atoms with van der Waals surface area (Å²) in [6.45, 7) is 0.521. The Kier molecular flexibility index (Phi) is 5.38. The van der Waals surface area contributed by atoms with Gasteiger partial charge >= 0.3 is 5.97 Å². The van der Waals surface area contributed by atoms with Crippen LogP contribution in [0.15, 0.2) is 18.2 Å². The SMILES string of the molecule is CNC(=S)NCc1ccc(OC)c(C(=O)OC)c1. The molecule has 5 nitrogen and oxygen atoms in total. The van der Waals surface area contributed by atoms with E-state index in [1.165, 1.54) is 14.2 Å². The van der Waals surface area contributed by atoms with Crippen LogP contribution in [0, 0.1) is 0 Å². The Hall–Kier alpha value is -1.82. The zero-order chi connectivity index (χ0) is 13.5. The van der Waals surface area contributed by atoms with E-state index in [9.17, 15) is 4.79 Å². The van der Waals surface area contributed by atoms with Crippen molar-refractivity contribution in [2.24, 2.45) is 0 Å². The molecule has 0 aliphatic rings. The van der Waals surface area contributed by atoms with Crippen LogP contribution in [0.2, 0.25) is 0 Å². The van der Waals surface area contributed by atoms with Crippen LogP contribution in [-0.2, 0) is 11.3 Å². The van der Waals surface area contributed by atoms with Gasteiger partial charge in [0.1, 0.15) is 11.3 Å². The van der Waals surface area contributed by atoms with Gasteiger partial charge in [-0.15, -0.1) is 0 Å². The Morgan fingerprint density at radius 1 is 1.39 bits per heavy atom. The molecule has 0 saturated heterocycles. The number of carbonyl (C=O) groups excluding carboxylic acids is 1. The monoisotopic (exact) mass is 268 g/mol. The van der Waals surface area contributed by atoms with Crippen LogP contribution in [-0.4, -0.2) is 32.3 Å². The smallest absolute Gasteiger partial charge is 0.341 e. The van der Waals surface area contributed by atoms with E-state index in [2.05, 4.69) is 10.6 Å². The minimum Gasteiger partial charge on any atom is -0.496 e. The van der Waals surface area contributed by atoms with Crippen LogP contribution < -0.4 is 15.4 Å². The number of benzene rings is 1. The summed E-state index contributed by atoms with van der Waals surface area (Å²) in [6, 6.07) is 5.30. The summed E-state index contributed by atoms with van der Waals surface area (Å²) < 4.78 is 9.81. The number of rotatable bonds is 4. The highest BCUT2D eigenvalue weighted by Gasteiger charge is 2.13. The Morgan fingerprint density at radius 3 is 2.67 bits per heavy atom. The van der Waals surface area contributed by atoms with Gasteiger partial charge in [-0.25, -0.2) is 4.79 Å². The topological polar surface area (TPSA) is 59.6 Å². The Morgan fingerprint density at radius 2 is 2.11 bits per heavy atom. The summed E-state index contributed by atoms with van der Waals surface area (Å²) in [6.07, 6.45) is 0. The highest BCUT2D eigenvalue weighted by Crippen LogP contribution is 2.20. The average molecular weight is 268 g/mol. The van der Waals surface area contributed by atoms with Gasteiger partial charge in [0, 0.05) is 13.6 Å². The molecule has 0 bridgehead atoms. The molecular formula is C12H16N2O3S. The summed E-state index contributed by atoms with van der Waals surface area (Å²) >= 11 is 4.97. The van der Waals surface area contributed by atoms with Crippen LogP contribution in [0.25, 0.3) is 0 Å². The van der Waals surface area contributed by atoms with Crippen LogP contribution in [0.5, 0.6) is 5.75 Å². The number of esters is 1. The number of carbonyl (C=O) groups is 1. The number of methoxy groups -OCH3 is 2. The average Bonchev–Trinajstić information content (AvgIpc) is 2.43. The lowest BCUT2D eigenvalue weighted by Crippen LogP contribution is -2.31. The van der Waals surface area contributed by atoms with Gasteiger partial charge in [-0.1, -0.05) is 6.07 Å². The van der Waals surface area contributed by atoms with Gasteiger partial charge in [0.15, 0.2) is 5.11 Å². The van der Waals surface area contributed by atoms with Gasteiger partial charge in [-0.3, -0.25) is 0 Å². The lowest BCUT2D eigenvalue weighted by molar-refractivity contribution is 0.0597. The summed E-state index contributed by atoms with van der Waals surface area (Å²) in [5, 5.41) is 6.35. The molecule has 18 heavy (non-hydrogen) atoms. The van der Waals surface area contributed by atoms with Crippen LogP contribution in [0.1, 0.15) is 15.9 Å². The first kappa shape index (κ1) is 14.2. The molecular weight excluding hydrogens is 252 g/mol. The van der Waals surface area contributed by atoms with Crippen molar-refractivity contribution in [2.45, 2.75) is 6.54 Å². The second-order valence-electron chi connectivity index (χ2n) is 3.46. The van der Waals surface area contributed by atoms with Crippen molar-refractivity contribution in [1.82, 2.24) is 10.6 Å². The third-order valence-corrected chi connectivity index (χ3v) is 2.70. The molecule has 0 aliphatic carbocycles. The van der Waals surface area contributed by atoms with Crippen molar-refractivity contribution >= 4 is 23.3 Å². The number of hydrogen-bond acceptors (Lipinski definition) is 4. The molecule has 0 aliphatic heterocycles. The van der Waals surface area contributed by atoms with Crippen molar-refractivity contribution in [3.05, 3.63) is 29.3 Å². The molecule has 0 heterocycles. The predicted octanol–water partition coefficient (Wildman–Crippen LogP) is 1.08. The Balaban J connectivity index is 2.89. The minimum absolute atomic E-state index is 0.398. The van der Waals surface area contributed by atoms with Crippen molar-refractivity contribution in [3.63, 3.8) is 0 Å². The van der Waals surface area contributed by atoms with E-state index in [-0.39, 0.29) is 0 Å². The molecule has 1 rings (SSSR count). The van der Waals surface area contributed by atoms with Crippen LogP contribution >= 0.6 is 12.2 Å². The summed E-state index contributed by atoms with van der Waals surface area (Å²) in [5.74, 6) is 0.0617. The molecule has 0 saturated carbocycles. The summed E-state index contributed by atoms with van der Waals surface area (Å²) in [5.41, 5.74) is 1.31. The molecule has 1 aromatic carbocycles. The van der Waals surface area contributed by atoms with Gasteiger partial charge in [-0.2, -0.15) is 0 Å². The molecule has 0 atom stereocenters. The van der Waals surface area contributed by atoms with E-state index in [4.69, 9.17) is 21.7 Å². The molecule has 98 valence electrons. The van der Waals surface area contributed by atoms with Gasteiger partial charge in [0.05, 0.1) is 14.2 Å². The zero-order valence-electron chi connectivity index (χ0n) is 10.6. The maximum atomic E-state index is 11.6. The molecule has 0 unspecified atom stereocenters.